The van der Waals surface area contributed by atoms with Gasteiger partial charge in [-0.05, 0) is 18.8 Å². The molecule has 5 nitrogen and oxygen atoms in total. The molecule has 0 aromatic heterocycles. The summed E-state index contributed by atoms with van der Waals surface area (Å²) < 4.78 is 0. The summed E-state index contributed by atoms with van der Waals surface area (Å²) in [6, 6.07) is -0.661. The van der Waals surface area contributed by atoms with Crippen LogP contribution in [0.5, 0.6) is 0 Å². The monoisotopic (exact) mass is 187 g/mol. The summed E-state index contributed by atoms with van der Waals surface area (Å²) >= 11 is 0. The lowest BCUT2D eigenvalue weighted by Gasteiger charge is -2.12. The molecule has 0 bridgehead atoms. The normalized spacial score (nSPS) is 21.1. The van der Waals surface area contributed by atoms with Crippen LogP contribution < -0.4 is 16.8 Å². The van der Waals surface area contributed by atoms with Crippen molar-refractivity contribution >= 4 is 5.91 Å². The molecule has 0 aromatic rings. The molecule has 1 saturated carbocycles. The van der Waals surface area contributed by atoms with Crippen LogP contribution in [0.15, 0.2) is 0 Å². The third-order valence-electron chi connectivity index (χ3n) is 2.25. The van der Waals surface area contributed by atoms with Crippen molar-refractivity contribution in [3.05, 3.63) is 0 Å². The number of nitrogens with two attached hydrogens (primary N) is 2. The van der Waals surface area contributed by atoms with E-state index < -0.39 is 11.9 Å². The molecule has 0 saturated heterocycles. The van der Waals surface area contributed by atoms with Crippen LogP contribution in [0.4, 0.5) is 0 Å². The van der Waals surface area contributed by atoms with Crippen LogP contribution in [-0.2, 0) is 4.79 Å². The third kappa shape index (κ3) is 3.71. The highest BCUT2D eigenvalue weighted by molar-refractivity contribution is 5.79. The number of rotatable bonds is 6. The first-order chi connectivity index (χ1) is 6.11. The van der Waals surface area contributed by atoms with E-state index in [-0.39, 0.29) is 6.10 Å². The summed E-state index contributed by atoms with van der Waals surface area (Å²) in [5.41, 5.74) is 10.3. The van der Waals surface area contributed by atoms with E-state index in [1.165, 1.54) is 0 Å². The number of hydrogen-bond acceptors (Lipinski definition) is 4. The molecule has 1 aliphatic rings. The molecular formula is C8H17N3O2. The first-order valence-corrected chi connectivity index (χ1v) is 4.55. The van der Waals surface area contributed by atoms with E-state index in [0.29, 0.717) is 19.0 Å². The number of amides is 1. The highest BCUT2D eigenvalue weighted by Crippen LogP contribution is 2.32. The molecule has 1 aliphatic carbocycles. The Labute approximate surface area is 77.5 Å². The zero-order valence-electron chi connectivity index (χ0n) is 7.57. The number of aliphatic hydroxyl groups excluding tert-OH is 1. The number of aliphatic hydroxyl groups is 1. The van der Waals surface area contributed by atoms with Crippen LogP contribution in [0.3, 0.4) is 0 Å². The Morgan fingerprint density at radius 3 is 2.62 bits per heavy atom. The molecule has 6 N–H and O–H groups in total. The van der Waals surface area contributed by atoms with Gasteiger partial charge in [-0.15, -0.1) is 0 Å². The maximum Gasteiger partial charge on any atom is 0.235 e. The quantitative estimate of drug-likeness (QED) is 0.392. The maximum atomic E-state index is 10.5. The molecule has 5 heteroatoms. The Morgan fingerprint density at radius 2 is 2.15 bits per heavy atom. The Kier molecular flexibility index (Phi) is 3.65. The summed E-state index contributed by atoms with van der Waals surface area (Å²) in [5, 5.41) is 12.3. The largest absolute Gasteiger partial charge is 0.392 e. The molecule has 0 aliphatic heterocycles. The van der Waals surface area contributed by atoms with E-state index >= 15 is 0 Å². The average Bonchev–Trinajstić information content (AvgIpc) is 2.85. The summed E-state index contributed by atoms with van der Waals surface area (Å²) in [7, 11) is 0. The first kappa shape index (κ1) is 10.4. The molecular weight excluding hydrogens is 170 g/mol. The Balaban J connectivity index is 2.02. The summed E-state index contributed by atoms with van der Waals surface area (Å²) in [4.78, 5) is 10.5. The molecule has 0 aromatic carbocycles. The molecule has 1 fully saturated rings. The van der Waals surface area contributed by atoms with Gasteiger partial charge in [-0.2, -0.15) is 0 Å². The minimum absolute atomic E-state index is 0.305. The highest BCUT2D eigenvalue weighted by atomic mass is 16.3. The predicted molar refractivity (Wildman–Crippen MR) is 48.8 cm³/mol. The zero-order valence-corrected chi connectivity index (χ0v) is 7.57. The lowest BCUT2D eigenvalue weighted by Crippen LogP contribution is -2.45. The van der Waals surface area contributed by atoms with Crippen LogP contribution in [0, 0.1) is 5.92 Å². The lowest BCUT2D eigenvalue weighted by molar-refractivity contribution is -0.119. The van der Waals surface area contributed by atoms with E-state index in [1.54, 1.807) is 0 Å². The fraction of sp³-hybridized carbons (Fsp3) is 0.875. The van der Waals surface area contributed by atoms with Gasteiger partial charge in [0.1, 0.15) is 0 Å². The summed E-state index contributed by atoms with van der Waals surface area (Å²) in [5.74, 6) is -0.0780. The fourth-order valence-electron chi connectivity index (χ4n) is 1.13. The predicted octanol–water partition coefficient (Wildman–Crippen LogP) is -1.84. The minimum Gasteiger partial charge on any atom is -0.392 e. The van der Waals surface area contributed by atoms with Crippen LogP contribution in [-0.4, -0.2) is 36.2 Å². The smallest absolute Gasteiger partial charge is 0.235 e. The first-order valence-electron chi connectivity index (χ1n) is 4.55. The van der Waals surface area contributed by atoms with Crippen LogP contribution in [0.1, 0.15) is 12.8 Å². The van der Waals surface area contributed by atoms with Gasteiger partial charge in [-0.3, -0.25) is 4.79 Å². The highest BCUT2D eigenvalue weighted by Gasteiger charge is 2.29. The topological polar surface area (TPSA) is 101 Å². The maximum absolute atomic E-state index is 10.5. The average molecular weight is 187 g/mol. The molecule has 76 valence electrons. The van der Waals surface area contributed by atoms with Crippen LogP contribution in [0.25, 0.3) is 0 Å². The number of hydrogen-bond donors (Lipinski definition) is 4. The van der Waals surface area contributed by atoms with Crippen molar-refractivity contribution in [1.29, 1.82) is 0 Å². The van der Waals surface area contributed by atoms with Crippen molar-refractivity contribution in [3.63, 3.8) is 0 Å². The van der Waals surface area contributed by atoms with Gasteiger partial charge in [0.15, 0.2) is 0 Å². The van der Waals surface area contributed by atoms with Gasteiger partial charge in [0.2, 0.25) is 5.91 Å². The van der Waals surface area contributed by atoms with Crippen LogP contribution >= 0.6 is 0 Å². The SMILES string of the molecule is NC(=O)C(N)CNCC(O)C1CC1. The second kappa shape index (κ2) is 4.55. The molecule has 0 spiro atoms. The molecule has 13 heavy (non-hydrogen) atoms. The van der Waals surface area contributed by atoms with E-state index in [4.69, 9.17) is 11.5 Å². The second-order valence-electron chi connectivity index (χ2n) is 3.57. The van der Waals surface area contributed by atoms with Crippen LogP contribution in [0.2, 0.25) is 0 Å². The number of carbonyl (C=O) groups is 1. The van der Waals surface area contributed by atoms with Crippen molar-refractivity contribution < 1.29 is 9.90 Å². The Bertz CT molecular complexity index is 182. The molecule has 2 unspecified atom stereocenters. The molecule has 2 atom stereocenters. The van der Waals surface area contributed by atoms with E-state index in [9.17, 15) is 9.90 Å². The summed E-state index contributed by atoms with van der Waals surface area (Å²) in [6.07, 6.45) is 1.90. The zero-order chi connectivity index (χ0) is 9.84. The Hall–Kier alpha value is -0.650. The molecule has 1 rings (SSSR count). The van der Waals surface area contributed by atoms with Crippen molar-refractivity contribution in [1.82, 2.24) is 5.32 Å². The van der Waals surface area contributed by atoms with E-state index in [0.717, 1.165) is 12.8 Å². The number of carbonyl (C=O) groups excluding carboxylic acids is 1. The minimum atomic E-state index is -0.661. The molecule has 0 radical (unpaired) electrons. The fourth-order valence-corrected chi connectivity index (χ4v) is 1.13. The van der Waals surface area contributed by atoms with E-state index in [2.05, 4.69) is 5.32 Å². The number of primary amides is 1. The third-order valence-corrected chi connectivity index (χ3v) is 2.25. The van der Waals surface area contributed by atoms with Gasteiger partial charge in [0.25, 0.3) is 0 Å². The van der Waals surface area contributed by atoms with Gasteiger partial charge in [-0.25, -0.2) is 0 Å². The standard InChI is InChI=1S/C8H17N3O2/c9-6(8(10)13)3-11-4-7(12)5-1-2-5/h5-7,11-12H,1-4,9H2,(H2,10,13). The van der Waals surface area contributed by atoms with E-state index in [1.807, 2.05) is 0 Å². The number of nitrogens with one attached hydrogen (secondary N) is 1. The van der Waals surface area contributed by atoms with Gasteiger partial charge < -0.3 is 21.9 Å². The Morgan fingerprint density at radius 1 is 1.54 bits per heavy atom. The molecule has 1 amide bonds. The van der Waals surface area contributed by atoms with Crippen molar-refractivity contribution in [2.24, 2.45) is 17.4 Å². The second-order valence-corrected chi connectivity index (χ2v) is 3.57. The lowest BCUT2D eigenvalue weighted by atomic mass is 10.2. The van der Waals surface area contributed by atoms with Gasteiger partial charge in [-0.1, -0.05) is 0 Å². The molecule has 0 heterocycles. The van der Waals surface area contributed by atoms with Gasteiger partial charge >= 0.3 is 0 Å². The van der Waals surface area contributed by atoms with Gasteiger partial charge in [0.05, 0.1) is 12.1 Å². The van der Waals surface area contributed by atoms with Crippen molar-refractivity contribution in [3.8, 4) is 0 Å². The van der Waals surface area contributed by atoms with Crippen molar-refractivity contribution in [2.45, 2.75) is 25.0 Å². The summed E-state index contributed by atoms with van der Waals surface area (Å²) in [6.45, 7) is 0.824. The van der Waals surface area contributed by atoms with Crippen molar-refractivity contribution in [2.75, 3.05) is 13.1 Å². The van der Waals surface area contributed by atoms with Gasteiger partial charge in [0, 0.05) is 13.1 Å².